The summed E-state index contributed by atoms with van der Waals surface area (Å²) in [6.07, 6.45) is -1.52. The van der Waals surface area contributed by atoms with Gasteiger partial charge >= 0.3 is 18.0 Å². The minimum Gasteiger partial charge on any atom is -0.481 e. The number of amides is 1. The summed E-state index contributed by atoms with van der Waals surface area (Å²) in [5, 5.41) is 8.42. The van der Waals surface area contributed by atoms with Crippen LogP contribution in [0.2, 0.25) is 0 Å². The van der Waals surface area contributed by atoms with Gasteiger partial charge in [0, 0.05) is 7.05 Å². The van der Waals surface area contributed by atoms with Crippen molar-refractivity contribution >= 4 is 18.0 Å². The lowest BCUT2D eigenvalue weighted by molar-refractivity contribution is -0.151. The van der Waals surface area contributed by atoms with Crippen molar-refractivity contribution < 1.29 is 29.0 Å². The summed E-state index contributed by atoms with van der Waals surface area (Å²) in [5.74, 6) is -2.00. The molecule has 8 nitrogen and oxygen atoms in total. The van der Waals surface area contributed by atoms with Crippen molar-refractivity contribution in [3.63, 3.8) is 0 Å². The Morgan fingerprint density at radius 3 is 2.82 bits per heavy atom. The van der Waals surface area contributed by atoms with Gasteiger partial charge in [0.1, 0.15) is 12.6 Å². The highest BCUT2D eigenvalue weighted by atomic mass is 16.6. The number of nitrogens with zero attached hydrogens (tertiary/aromatic N) is 1. The van der Waals surface area contributed by atoms with Gasteiger partial charge in [-0.15, -0.1) is 0 Å². The van der Waals surface area contributed by atoms with Crippen molar-refractivity contribution in [1.29, 1.82) is 0 Å². The summed E-state index contributed by atoms with van der Waals surface area (Å²) in [6.45, 7) is 0.197. The Balaban J connectivity index is 2.29. The zero-order valence-corrected chi connectivity index (χ0v) is 9.29. The molecule has 1 fully saturated rings. The molecule has 17 heavy (non-hydrogen) atoms. The Hall–Kier alpha value is -1.83. The van der Waals surface area contributed by atoms with E-state index in [1.165, 1.54) is 4.90 Å². The number of esters is 1. The molecule has 1 aliphatic heterocycles. The predicted molar refractivity (Wildman–Crippen MR) is 54.1 cm³/mol. The Bertz CT molecular complexity index is 331. The molecule has 1 rings (SSSR count). The van der Waals surface area contributed by atoms with Gasteiger partial charge in [-0.05, 0) is 0 Å². The summed E-state index contributed by atoms with van der Waals surface area (Å²) >= 11 is 0. The molecule has 0 aromatic rings. The van der Waals surface area contributed by atoms with Crippen LogP contribution in [0.25, 0.3) is 0 Å². The van der Waals surface area contributed by atoms with E-state index in [-0.39, 0.29) is 6.61 Å². The number of hydrogen-bond donors (Lipinski definition) is 2. The number of nitrogens with two attached hydrogens (primary N) is 1. The molecule has 3 N–H and O–H groups in total. The van der Waals surface area contributed by atoms with E-state index >= 15 is 0 Å². The van der Waals surface area contributed by atoms with Crippen molar-refractivity contribution in [3.05, 3.63) is 0 Å². The number of likely N-dealkylation sites (N-methyl/N-ethyl adjacent to an activating group) is 1. The third kappa shape index (κ3) is 3.91. The minimum atomic E-state index is -1.21. The first-order valence-electron chi connectivity index (χ1n) is 4.96. The van der Waals surface area contributed by atoms with Crippen LogP contribution < -0.4 is 5.73 Å². The molecule has 2 atom stereocenters. The van der Waals surface area contributed by atoms with Crippen molar-refractivity contribution in [2.45, 2.75) is 18.6 Å². The number of aliphatic carboxylic acids is 1. The van der Waals surface area contributed by atoms with E-state index in [9.17, 15) is 14.4 Å². The molecule has 0 aromatic carbocycles. The zero-order valence-electron chi connectivity index (χ0n) is 9.29. The number of carboxylic acids is 1. The second-order valence-corrected chi connectivity index (χ2v) is 3.72. The van der Waals surface area contributed by atoms with Gasteiger partial charge in [-0.1, -0.05) is 0 Å². The molecule has 1 heterocycles. The lowest BCUT2D eigenvalue weighted by atomic mass is 10.2. The second-order valence-electron chi connectivity index (χ2n) is 3.72. The fourth-order valence-electron chi connectivity index (χ4n) is 1.29. The van der Waals surface area contributed by atoms with Gasteiger partial charge < -0.3 is 25.2 Å². The van der Waals surface area contributed by atoms with Crippen LogP contribution in [0.1, 0.15) is 6.42 Å². The van der Waals surface area contributed by atoms with Crippen molar-refractivity contribution in [2.75, 3.05) is 20.2 Å². The van der Waals surface area contributed by atoms with E-state index in [0.717, 1.165) is 0 Å². The molecule has 0 bridgehead atoms. The van der Waals surface area contributed by atoms with Crippen LogP contribution >= 0.6 is 0 Å². The van der Waals surface area contributed by atoms with Gasteiger partial charge in [-0.2, -0.15) is 0 Å². The SMILES string of the molecule is CN1C[C@H](COC(=O)[C@@H](N)CC(=O)O)OC1=O. The Morgan fingerprint density at radius 1 is 1.71 bits per heavy atom. The van der Waals surface area contributed by atoms with Crippen LogP contribution in [0.3, 0.4) is 0 Å². The first-order chi connectivity index (χ1) is 7.90. The smallest absolute Gasteiger partial charge is 0.410 e. The van der Waals surface area contributed by atoms with Crippen LogP contribution in [-0.4, -0.2) is 60.4 Å². The summed E-state index contributed by atoms with van der Waals surface area (Å²) < 4.78 is 9.59. The van der Waals surface area contributed by atoms with E-state index in [1.807, 2.05) is 0 Å². The molecule has 1 amide bonds. The number of rotatable bonds is 5. The summed E-state index contributed by atoms with van der Waals surface area (Å²) in [6, 6.07) is -1.21. The fraction of sp³-hybridized carbons (Fsp3) is 0.667. The maximum Gasteiger partial charge on any atom is 0.410 e. The van der Waals surface area contributed by atoms with Gasteiger partial charge in [-0.25, -0.2) is 4.79 Å². The molecule has 0 radical (unpaired) electrons. The summed E-state index contributed by atoms with van der Waals surface area (Å²) in [4.78, 5) is 33.8. The maximum atomic E-state index is 11.2. The number of hydrogen-bond acceptors (Lipinski definition) is 6. The quantitative estimate of drug-likeness (QED) is 0.583. The molecular formula is C9H14N2O6. The monoisotopic (exact) mass is 246 g/mol. The first-order valence-corrected chi connectivity index (χ1v) is 4.96. The topological polar surface area (TPSA) is 119 Å². The van der Waals surface area contributed by atoms with Crippen molar-refractivity contribution in [1.82, 2.24) is 4.90 Å². The molecule has 0 aromatic heterocycles. The number of ether oxygens (including phenoxy) is 2. The van der Waals surface area contributed by atoms with Crippen LogP contribution in [0.15, 0.2) is 0 Å². The molecule has 0 unspecified atom stereocenters. The maximum absolute atomic E-state index is 11.2. The molecule has 96 valence electrons. The standard InChI is InChI=1S/C9H14N2O6/c1-11-3-5(17-9(11)15)4-16-8(14)6(10)2-7(12)13/h5-6H,2-4,10H2,1H3,(H,12,13)/t5-,6+/m1/s1. The van der Waals surface area contributed by atoms with Crippen LogP contribution in [0.5, 0.6) is 0 Å². The van der Waals surface area contributed by atoms with Crippen molar-refractivity contribution in [2.24, 2.45) is 5.73 Å². The largest absolute Gasteiger partial charge is 0.481 e. The van der Waals surface area contributed by atoms with E-state index < -0.39 is 36.6 Å². The van der Waals surface area contributed by atoms with E-state index in [4.69, 9.17) is 20.3 Å². The van der Waals surface area contributed by atoms with E-state index in [1.54, 1.807) is 7.05 Å². The molecule has 1 aliphatic rings. The molecule has 0 spiro atoms. The van der Waals surface area contributed by atoms with Gasteiger partial charge in [0.05, 0.1) is 13.0 Å². The second kappa shape index (κ2) is 5.48. The Labute approximate surface area is 97.3 Å². The summed E-state index contributed by atoms with van der Waals surface area (Å²) in [7, 11) is 1.56. The zero-order chi connectivity index (χ0) is 13.0. The Morgan fingerprint density at radius 2 is 2.35 bits per heavy atom. The average molecular weight is 246 g/mol. The van der Waals surface area contributed by atoms with Gasteiger partial charge in [-0.3, -0.25) is 9.59 Å². The molecule has 1 saturated heterocycles. The van der Waals surface area contributed by atoms with Crippen LogP contribution in [0.4, 0.5) is 4.79 Å². The highest BCUT2D eigenvalue weighted by Crippen LogP contribution is 2.09. The molecular weight excluding hydrogens is 232 g/mol. The number of carbonyl (C=O) groups excluding carboxylic acids is 2. The van der Waals surface area contributed by atoms with Crippen LogP contribution in [-0.2, 0) is 19.1 Å². The third-order valence-corrected chi connectivity index (χ3v) is 2.17. The molecule has 0 saturated carbocycles. The fourth-order valence-corrected chi connectivity index (χ4v) is 1.29. The normalized spacial score (nSPS) is 20.9. The van der Waals surface area contributed by atoms with Gasteiger partial charge in [0.15, 0.2) is 6.10 Å². The number of carboxylic acid groups (broad SMARTS) is 1. The third-order valence-electron chi connectivity index (χ3n) is 2.17. The summed E-state index contributed by atoms with van der Waals surface area (Å²) in [5.41, 5.74) is 5.28. The van der Waals surface area contributed by atoms with Gasteiger partial charge in [0.25, 0.3) is 0 Å². The lowest BCUT2D eigenvalue weighted by Gasteiger charge is -2.12. The minimum absolute atomic E-state index is 0.123. The molecule has 8 heteroatoms. The predicted octanol–water partition coefficient (Wildman–Crippen LogP) is -1.22. The first kappa shape index (κ1) is 13.2. The highest BCUT2D eigenvalue weighted by molar-refractivity contribution is 5.81. The van der Waals surface area contributed by atoms with E-state index in [2.05, 4.69) is 0 Å². The molecule has 0 aliphatic carbocycles. The van der Waals surface area contributed by atoms with Gasteiger partial charge in [0.2, 0.25) is 0 Å². The van der Waals surface area contributed by atoms with Crippen LogP contribution in [0, 0.1) is 0 Å². The van der Waals surface area contributed by atoms with E-state index in [0.29, 0.717) is 6.54 Å². The number of cyclic esters (lactones) is 1. The average Bonchev–Trinajstić information content (AvgIpc) is 2.54. The lowest BCUT2D eigenvalue weighted by Crippen LogP contribution is -2.36. The number of carbonyl (C=O) groups is 3. The highest BCUT2D eigenvalue weighted by Gasteiger charge is 2.30. The van der Waals surface area contributed by atoms with Crippen molar-refractivity contribution in [3.8, 4) is 0 Å². The Kier molecular flexibility index (Phi) is 4.27.